The Balaban J connectivity index is 1.48. The summed E-state index contributed by atoms with van der Waals surface area (Å²) >= 11 is 6.29. The van der Waals surface area contributed by atoms with Gasteiger partial charge in [-0.3, -0.25) is 5.32 Å². The van der Waals surface area contributed by atoms with E-state index in [1.807, 2.05) is 0 Å². The number of amides is 2. The molecule has 1 saturated heterocycles. The molecule has 0 saturated carbocycles. The fourth-order valence-corrected chi connectivity index (χ4v) is 4.29. The third kappa shape index (κ3) is 7.23. The van der Waals surface area contributed by atoms with Crippen molar-refractivity contribution in [3.05, 3.63) is 39.9 Å². The Labute approximate surface area is 204 Å². The van der Waals surface area contributed by atoms with Crippen molar-refractivity contribution in [2.45, 2.75) is 19.4 Å². The lowest BCUT2D eigenvalue weighted by Gasteiger charge is -2.32. The van der Waals surface area contributed by atoms with Gasteiger partial charge in [-0.1, -0.05) is 11.6 Å². The molecule has 0 atom stereocenters. The maximum Gasteiger partial charge on any atom is 0.344 e. The average Bonchev–Trinajstić information content (AvgIpc) is 3.16. The van der Waals surface area contributed by atoms with Crippen LogP contribution in [0.15, 0.2) is 12.1 Å². The van der Waals surface area contributed by atoms with E-state index in [2.05, 4.69) is 31.9 Å². The molecule has 1 aliphatic heterocycles. The molecule has 3 rings (SSSR count). The van der Waals surface area contributed by atoms with E-state index < -0.39 is 41.4 Å². The Bertz CT molecular complexity index is 994. The van der Waals surface area contributed by atoms with Crippen molar-refractivity contribution in [3.8, 4) is 5.88 Å². The lowest BCUT2D eigenvalue weighted by atomic mass is 10.2. The minimum atomic E-state index is -1.40. The monoisotopic (exact) mass is 517 g/mol. The zero-order valence-corrected chi connectivity index (χ0v) is 20.1. The molecule has 13 heteroatoms. The van der Waals surface area contributed by atoms with Gasteiger partial charge in [0.1, 0.15) is 23.2 Å². The second-order valence-corrected chi connectivity index (χ2v) is 9.08. The van der Waals surface area contributed by atoms with Gasteiger partial charge in [-0.25, -0.2) is 18.4 Å². The molecule has 1 aromatic heterocycles. The van der Waals surface area contributed by atoms with E-state index in [1.165, 1.54) is 0 Å². The molecule has 1 fully saturated rings. The smallest absolute Gasteiger partial charge is 0.344 e. The number of likely N-dealkylation sites (N-methyl/N-ethyl adjacent to an activating group) is 1. The van der Waals surface area contributed by atoms with Crippen molar-refractivity contribution < 1.29 is 28.2 Å². The van der Waals surface area contributed by atoms with Gasteiger partial charge in [0.25, 0.3) is 0 Å². The first-order valence-corrected chi connectivity index (χ1v) is 11.8. The highest BCUT2D eigenvalue weighted by Gasteiger charge is 2.24. The molecule has 0 aliphatic carbocycles. The molecule has 0 spiro atoms. The summed E-state index contributed by atoms with van der Waals surface area (Å²) in [7, 11) is 2.10. The molecule has 3 N–H and O–H groups in total. The second-order valence-electron chi connectivity index (χ2n) is 7.87. The first-order chi connectivity index (χ1) is 16.2. The van der Waals surface area contributed by atoms with Crippen molar-refractivity contribution >= 4 is 40.1 Å². The van der Waals surface area contributed by atoms with Gasteiger partial charge >= 0.3 is 12.0 Å². The first-order valence-electron chi connectivity index (χ1n) is 10.7. The van der Waals surface area contributed by atoms with Crippen LogP contribution in [-0.2, 0) is 6.61 Å². The third-order valence-electron chi connectivity index (χ3n) is 5.34. The van der Waals surface area contributed by atoms with Crippen LogP contribution >= 0.6 is 23.1 Å². The number of halogens is 3. The number of hydrogen-bond donors (Lipinski definition) is 3. The maximum atomic E-state index is 13.9. The number of nitrogens with one attached hydrogen (secondary N) is 2. The molecule has 9 nitrogen and oxygen atoms in total. The van der Waals surface area contributed by atoms with Crippen LogP contribution in [0.4, 0.5) is 18.6 Å². The number of piperazine rings is 1. The van der Waals surface area contributed by atoms with Gasteiger partial charge in [0.15, 0.2) is 5.56 Å². The molecule has 1 aliphatic rings. The van der Waals surface area contributed by atoms with E-state index in [9.17, 15) is 23.5 Å². The Morgan fingerprint density at radius 1 is 1.21 bits per heavy atom. The maximum absolute atomic E-state index is 13.9. The molecule has 0 radical (unpaired) electrons. The predicted molar refractivity (Wildman–Crippen MR) is 125 cm³/mol. The number of rotatable bonds is 10. The van der Waals surface area contributed by atoms with E-state index >= 15 is 0 Å². The number of carbonyl (C=O) groups is 2. The van der Waals surface area contributed by atoms with Crippen LogP contribution < -0.4 is 15.4 Å². The topological polar surface area (TPSA) is 107 Å². The molecule has 2 aromatic rings. The number of carbonyl (C=O) groups excluding carboxylic acids is 1. The summed E-state index contributed by atoms with van der Waals surface area (Å²) in [4.78, 5) is 28.6. The average molecular weight is 518 g/mol. The molecule has 2 heterocycles. The largest absolute Gasteiger partial charge is 0.477 e. The van der Waals surface area contributed by atoms with Gasteiger partial charge in [-0.15, -0.1) is 0 Å². The number of hydrogen-bond acceptors (Lipinski definition) is 7. The minimum Gasteiger partial charge on any atom is -0.477 e. The van der Waals surface area contributed by atoms with Crippen LogP contribution in [0.3, 0.4) is 0 Å². The molecular formula is C21H26ClF2N5O4S. The van der Waals surface area contributed by atoms with E-state index in [4.69, 9.17) is 16.3 Å². The highest BCUT2D eigenvalue weighted by Crippen LogP contribution is 2.31. The van der Waals surface area contributed by atoms with Crippen molar-refractivity contribution in [2.24, 2.45) is 0 Å². The predicted octanol–water partition coefficient (Wildman–Crippen LogP) is 3.50. The molecule has 1 aromatic carbocycles. The van der Waals surface area contributed by atoms with Gasteiger partial charge in [0.05, 0.1) is 5.56 Å². The SMILES string of the molecule is CN1CCN(CCCCNC(=O)Nc2snc(OCc3c(F)cc(Cl)cc3F)c2C(=O)O)CC1. The van der Waals surface area contributed by atoms with E-state index in [0.717, 1.165) is 57.7 Å². The Hall–Kier alpha value is -2.54. The number of anilines is 1. The van der Waals surface area contributed by atoms with Crippen LogP contribution in [-0.4, -0.2) is 77.6 Å². The van der Waals surface area contributed by atoms with Crippen molar-refractivity contribution in [3.63, 3.8) is 0 Å². The van der Waals surface area contributed by atoms with E-state index in [0.29, 0.717) is 18.1 Å². The molecule has 34 heavy (non-hydrogen) atoms. The summed E-state index contributed by atoms with van der Waals surface area (Å²) in [5.74, 6) is -3.61. The Morgan fingerprint density at radius 3 is 2.53 bits per heavy atom. The molecule has 186 valence electrons. The third-order valence-corrected chi connectivity index (χ3v) is 6.31. The normalized spacial score (nSPS) is 14.7. The van der Waals surface area contributed by atoms with Crippen LogP contribution in [0, 0.1) is 11.6 Å². The second kappa shape index (κ2) is 12.2. The lowest BCUT2D eigenvalue weighted by molar-refractivity contribution is 0.0693. The Morgan fingerprint density at radius 2 is 1.88 bits per heavy atom. The Kier molecular flexibility index (Phi) is 9.39. The van der Waals surface area contributed by atoms with Gasteiger partial charge in [0, 0.05) is 37.7 Å². The standard InChI is InChI=1S/C21H26ClF2N5O4S/c1-28-6-8-29(9-7-28)5-3-2-4-25-21(32)26-19-17(20(30)31)18(27-34-19)33-12-14-15(23)10-13(22)11-16(14)24/h10-11H,2-9,12H2,1H3,(H,30,31)(H2,25,26,32). The summed E-state index contributed by atoms with van der Waals surface area (Å²) < 4.78 is 37.0. The van der Waals surface area contributed by atoms with Crippen LogP contribution in [0.1, 0.15) is 28.8 Å². The molecule has 2 amide bonds. The van der Waals surface area contributed by atoms with Crippen molar-refractivity contribution in [1.29, 1.82) is 0 Å². The lowest BCUT2D eigenvalue weighted by Crippen LogP contribution is -2.44. The summed E-state index contributed by atoms with van der Waals surface area (Å²) in [5, 5.41) is 14.5. The summed E-state index contributed by atoms with van der Waals surface area (Å²) in [5.41, 5.74) is -0.817. The molecule has 0 bridgehead atoms. The number of carboxylic acid groups (broad SMARTS) is 1. The zero-order valence-electron chi connectivity index (χ0n) is 18.6. The fraction of sp³-hybridized carbons (Fsp3) is 0.476. The molecular weight excluding hydrogens is 492 g/mol. The van der Waals surface area contributed by atoms with Gasteiger partial charge in [0.2, 0.25) is 5.88 Å². The number of aromatic carboxylic acids is 1. The van der Waals surface area contributed by atoms with E-state index in [1.54, 1.807) is 0 Å². The summed E-state index contributed by atoms with van der Waals surface area (Å²) in [6.45, 7) is 4.97. The number of unbranched alkanes of at least 4 members (excludes halogenated alkanes) is 1. The van der Waals surface area contributed by atoms with E-state index in [-0.39, 0.29) is 15.9 Å². The number of aromatic nitrogens is 1. The number of carboxylic acids is 1. The molecule has 0 unspecified atom stereocenters. The van der Waals surface area contributed by atoms with Crippen LogP contribution in [0.25, 0.3) is 0 Å². The zero-order chi connectivity index (χ0) is 24.7. The van der Waals surface area contributed by atoms with Crippen LogP contribution in [0.5, 0.6) is 5.88 Å². The highest BCUT2D eigenvalue weighted by molar-refractivity contribution is 7.11. The van der Waals surface area contributed by atoms with Crippen molar-refractivity contribution in [1.82, 2.24) is 19.5 Å². The summed E-state index contributed by atoms with van der Waals surface area (Å²) in [6, 6.07) is 1.27. The van der Waals surface area contributed by atoms with Crippen LogP contribution in [0.2, 0.25) is 5.02 Å². The first kappa shape index (κ1) is 26.1. The van der Waals surface area contributed by atoms with Gasteiger partial charge in [-0.2, -0.15) is 4.37 Å². The number of benzene rings is 1. The minimum absolute atomic E-state index is 0.0468. The number of ether oxygens (including phenoxy) is 1. The fourth-order valence-electron chi connectivity index (χ4n) is 3.38. The number of nitrogens with zero attached hydrogens (tertiary/aromatic N) is 3. The summed E-state index contributed by atoms with van der Waals surface area (Å²) in [6.07, 6.45) is 1.71. The quantitative estimate of drug-likeness (QED) is 0.414. The number of urea groups is 1. The van der Waals surface area contributed by atoms with Gasteiger partial charge < -0.3 is 25.0 Å². The van der Waals surface area contributed by atoms with Crippen molar-refractivity contribution in [2.75, 3.05) is 51.6 Å². The highest BCUT2D eigenvalue weighted by atomic mass is 35.5. The van der Waals surface area contributed by atoms with Gasteiger partial charge in [-0.05, 0) is 50.1 Å².